The molecule has 0 fully saturated rings. The highest BCUT2D eigenvalue weighted by molar-refractivity contribution is 7.89. The number of sulfonamides is 1. The summed E-state index contributed by atoms with van der Waals surface area (Å²) in [5.41, 5.74) is 1.63. The van der Waals surface area contributed by atoms with E-state index in [0.29, 0.717) is 40.8 Å². The van der Waals surface area contributed by atoms with E-state index in [9.17, 15) is 13.2 Å². The molecule has 0 radical (unpaired) electrons. The molecule has 0 saturated carbocycles. The van der Waals surface area contributed by atoms with Crippen LogP contribution in [-0.4, -0.2) is 46.5 Å². The normalized spacial score (nSPS) is 11.3. The van der Waals surface area contributed by atoms with Crippen molar-refractivity contribution < 1.29 is 22.7 Å². The van der Waals surface area contributed by atoms with Crippen molar-refractivity contribution in [2.45, 2.75) is 31.1 Å². The zero-order chi connectivity index (χ0) is 24.6. The van der Waals surface area contributed by atoms with Crippen molar-refractivity contribution in [3.63, 3.8) is 0 Å². The SMILES string of the molecule is COc1ccc(OC)c(S(=O)(=O)NCCCCCNc2ncc(C(=O)c3ccccc3C)s2)c1. The van der Waals surface area contributed by atoms with Crippen molar-refractivity contribution in [2.75, 3.05) is 32.6 Å². The quantitative estimate of drug-likeness (QED) is 0.265. The van der Waals surface area contributed by atoms with E-state index in [4.69, 9.17) is 9.47 Å². The second-order valence-corrected chi connectivity index (χ2v) is 10.3. The molecule has 34 heavy (non-hydrogen) atoms. The maximum atomic E-state index is 12.7. The molecule has 1 aromatic heterocycles. The highest BCUT2D eigenvalue weighted by atomic mass is 32.2. The number of benzene rings is 2. The van der Waals surface area contributed by atoms with E-state index in [1.165, 1.54) is 31.6 Å². The molecule has 1 heterocycles. The summed E-state index contributed by atoms with van der Waals surface area (Å²) >= 11 is 1.33. The number of aromatic nitrogens is 1. The molecule has 0 saturated heterocycles. The molecule has 0 spiro atoms. The van der Waals surface area contributed by atoms with Crippen LogP contribution < -0.4 is 19.5 Å². The number of aryl methyl sites for hydroxylation is 1. The molecule has 0 aliphatic carbocycles. The molecular weight excluding hydrogens is 474 g/mol. The number of thiazole rings is 1. The minimum atomic E-state index is -3.71. The van der Waals surface area contributed by atoms with Crippen LogP contribution in [0.25, 0.3) is 0 Å². The average Bonchev–Trinajstić information content (AvgIpc) is 3.31. The summed E-state index contributed by atoms with van der Waals surface area (Å²) in [7, 11) is -0.805. The van der Waals surface area contributed by atoms with Gasteiger partial charge in [0.15, 0.2) is 5.13 Å². The number of nitrogens with zero attached hydrogens (tertiary/aromatic N) is 1. The van der Waals surface area contributed by atoms with Gasteiger partial charge in [0.2, 0.25) is 15.8 Å². The topological polar surface area (TPSA) is 107 Å². The fraction of sp³-hybridized carbons (Fsp3) is 0.333. The molecule has 0 aliphatic heterocycles. The zero-order valence-electron chi connectivity index (χ0n) is 19.5. The highest BCUT2D eigenvalue weighted by Crippen LogP contribution is 2.28. The molecule has 0 atom stereocenters. The maximum absolute atomic E-state index is 12.7. The highest BCUT2D eigenvalue weighted by Gasteiger charge is 2.20. The number of nitrogens with one attached hydrogen (secondary N) is 2. The largest absolute Gasteiger partial charge is 0.497 e. The van der Waals surface area contributed by atoms with Gasteiger partial charge in [-0.3, -0.25) is 4.79 Å². The lowest BCUT2D eigenvalue weighted by atomic mass is 10.0. The van der Waals surface area contributed by atoms with Crippen LogP contribution >= 0.6 is 11.3 Å². The number of hydrogen-bond acceptors (Lipinski definition) is 8. The Morgan fingerprint density at radius 1 is 1.03 bits per heavy atom. The van der Waals surface area contributed by atoms with Crippen LogP contribution in [0.1, 0.15) is 40.1 Å². The van der Waals surface area contributed by atoms with Gasteiger partial charge in [-0.15, -0.1) is 0 Å². The number of methoxy groups -OCH3 is 2. The predicted octanol–water partition coefficient (Wildman–Crippen LogP) is 4.26. The van der Waals surface area contributed by atoms with E-state index in [2.05, 4.69) is 15.0 Å². The van der Waals surface area contributed by atoms with Crippen molar-refractivity contribution >= 4 is 32.3 Å². The number of unbranched alkanes of at least 4 members (excludes halogenated alkanes) is 2. The van der Waals surface area contributed by atoms with Crippen LogP contribution in [0.15, 0.2) is 53.6 Å². The molecule has 3 rings (SSSR count). The molecule has 2 aromatic carbocycles. The molecule has 0 bridgehead atoms. The minimum absolute atomic E-state index is 0.0244. The Morgan fingerprint density at radius 3 is 2.53 bits per heavy atom. The first kappa shape index (κ1) is 25.7. The van der Waals surface area contributed by atoms with Gasteiger partial charge >= 0.3 is 0 Å². The van der Waals surface area contributed by atoms with Crippen LogP contribution in [0, 0.1) is 6.92 Å². The van der Waals surface area contributed by atoms with Gasteiger partial charge in [0.25, 0.3) is 0 Å². The fourth-order valence-corrected chi connectivity index (χ4v) is 5.37. The van der Waals surface area contributed by atoms with Gasteiger partial charge in [0, 0.05) is 24.7 Å². The average molecular weight is 504 g/mol. The van der Waals surface area contributed by atoms with Gasteiger partial charge in [-0.25, -0.2) is 18.1 Å². The van der Waals surface area contributed by atoms with Gasteiger partial charge in [-0.05, 0) is 37.5 Å². The summed E-state index contributed by atoms with van der Waals surface area (Å²) in [6.45, 7) is 2.91. The summed E-state index contributed by atoms with van der Waals surface area (Å²) in [6, 6.07) is 12.2. The minimum Gasteiger partial charge on any atom is -0.497 e. The first-order valence-corrected chi connectivity index (χ1v) is 13.2. The second-order valence-electron chi connectivity index (χ2n) is 7.58. The third-order valence-corrected chi connectivity index (χ3v) is 7.64. The summed E-state index contributed by atoms with van der Waals surface area (Å²) in [5.74, 6) is 0.683. The number of carbonyl (C=O) groups excluding carboxylic acids is 1. The summed E-state index contributed by atoms with van der Waals surface area (Å²) in [5, 5.41) is 3.93. The Kier molecular flexibility index (Phi) is 9.03. The van der Waals surface area contributed by atoms with Crippen molar-refractivity contribution in [3.8, 4) is 11.5 Å². The number of anilines is 1. The first-order valence-electron chi connectivity index (χ1n) is 10.9. The van der Waals surface area contributed by atoms with Crippen molar-refractivity contribution in [1.29, 1.82) is 0 Å². The van der Waals surface area contributed by atoms with Crippen LogP contribution in [0.4, 0.5) is 5.13 Å². The van der Waals surface area contributed by atoms with Crippen LogP contribution in [0.2, 0.25) is 0 Å². The van der Waals surface area contributed by atoms with Gasteiger partial charge in [-0.2, -0.15) is 0 Å². The molecular formula is C24H29N3O5S2. The number of ether oxygens (including phenoxy) is 2. The lowest BCUT2D eigenvalue weighted by Crippen LogP contribution is -2.25. The number of carbonyl (C=O) groups is 1. The van der Waals surface area contributed by atoms with Crippen LogP contribution in [-0.2, 0) is 10.0 Å². The molecule has 0 aliphatic rings. The molecule has 3 aromatic rings. The number of hydrogen-bond donors (Lipinski definition) is 2. The van der Waals surface area contributed by atoms with Crippen molar-refractivity contribution in [2.24, 2.45) is 0 Å². The number of ketones is 1. The Hall–Kier alpha value is -2.95. The molecule has 10 heteroatoms. The van der Waals surface area contributed by atoms with E-state index in [-0.39, 0.29) is 16.4 Å². The van der Waals surface area contributed by atoms with Crippen LogP contribution in [0.5, 0.6) is 11.5 Å². The van der Waals surface area contributed by atoms with E-state index in [1.807, 2.05) is 31.2 Å². The monoisotopic (exact) mass is 503 g/mol. The summed E-state index contributed by atoms with van der Waals surface area (Å²) in [4.78, 5) is 17.6. The Morgan fingerprint density at radius 2 is 1.79 bits per heavy atom. The predicted molar refractivity (Wildman–Crippen MR) is 134 cm³/mol. The molecule has 2 N–H and O–H groups in total. The lowest BCUT2D eigenvalue weighted by Gasteiger charge is -2.12. The Bertz CT molecular complexity index is 1220. The molecule has 182 valence electrons. The standard InChI is InChI=1S/C24H29N3O5S2/c1-17-9-5-6-10-19(17)23(28)21-16-26-24(33-21)25-13-7-4-8-14-27-34(29,30)22-15-18(31-2)11-12-20(22)32-3/h5-6,9-12,15-16,27H,4,7-8,13-14H2,1-3H3,(H,25,26). The molecule has 0 unspecified atom stereocenters. The zero-order valence-corrected chi connectivity index (χ0v) is 21.1. The van der Waals surface area contributed by atoms with Crippen molar-refractivity contribution in [3.05, 3.63) is 64.7 Å². The lowest BCUT2D eigenvalue weighted by molar-refractivity contribution is 0.104. The Balaban J connectivity index is 1.41. The smallest absolute Gasteiger partial charge is 0.244 e. The second kappa shape index (κ2) is 12.0. The van der Waals surface area contributed by atoms with Gasteiger partial charge in [-0.1, -0.05) is 42.0 Å². The van der Waals surface area contributed by atoms with Gasteiger partial charge in [0.05, 0.1) is 25.3 Å². The molecule has 0 amide bonds. The number of rotatable bonds is 13. The fourth-order valence-electron chi connectivity index (χ4n) is 3.32. The first-order chi connectivity index (χ1) is 16.4. The van der Waals surface area contributed by atoms with E-state index < -0.39 is 10.0 Å². The third kappa shape index (κ3) is 6.55. The third-order valence-electron chi connectivity index (χ3n) is 5.20. The van der Waals surface area contributed by atoms with Gasteiger partial charge < -0.3 is 14.8 Å². The molecule has 8 nitrogen and oxygen atoms in total. The van der Waals surface area contributed by atoms with Crippen LogP contribution in [0.3, 0.4) is 0 Å². The van der Waals surface area contributed by atoms with E-state index >= 15 is 0 Å². The van der Waals surface area contributed by atoms with E-state index in [1.54, 1.807) is 18.3 Å². The van der Waals surface area contributed by atoms with E-state index in [0.717, 1.165) is 18.4 Å². The summed E-state index contributed by atoms with van der Waals surface area (Å²) < 4.78 is 38.2. The Labute approximate surface area is 204 Å². The van der Waals surface area contributed by atoms with Gasteiger partial charge in [0.1, 0.15) is 16.4 Å². The van der Waals surface area contributed by atoms with Crippen molar-refractivity contribution in [1.82, 2.24) is 9.71 Å². The maximum Gasteiger partial charge on any atom is 0.244 e. The summed E-state index contributed by atoms with van der Waals surface area (Å²) in [6.07, 6.45) is 3.95.